The number of nitrogens with one attached hydrogen (secondary N) is 1. The molecule has 2 heterocycles. The van der Waals surface area contributed by atoms with Crippen molar-refractivity contribution in [1.29, 1.82) is 0 Å². The summed E-state index contributed by atoms with van der Waals surface area (Å²) in [6, 6.07) is 4.01. The van der Waals surface area contributed by atoms with Crippen molar-refractivity contribution >= 4 is 21.4 Å². The van der Waals surface area contributed by atoms with Gasteiger partial charge in [-0.3, -0.25) is 4.68 Å². The van der Waals surface area contributed by atoms with E-state index in [2.05, 4.69) is 9.82 Å². The maximum absolute atomic E-state index is 12.6. The Morgan fingerprint density at radius 1 is 1.36 bits per heavy atom. The van der Waals surface area contributed by atoms with Gasteiger partial charge in [0.15, 0.2) is 0 Å². The molecule has 1 saturated carbocycles. The standard InChI is InChI=1S/C15H21N3O2S2/c1-11(2)17-22(19,20)14-10-18(12-6-3-4-7-12)16-15(14)13-8-5-9-21-13/h5,8-12,17H,3-4,6-7H2,1-2H3. The van der Waals surface area contributed by atoms with Crippen LogP contribution in [0.2, 0.25) is 0 Å². The molecule has 120 valence electrons. The summed E-state index contributed by atoms with van der Waals surface area (Å²) in [6.07, 6.45) is 6.22. The van der Waals surface area contributed by atoms with Gasteiger partial charge in [-0.2, -0.15) is 5.10 Å². The monoisotopic (exact) mass is 339 g/mol. The van der Waals surface area contributed by atoms with Crippen molar-refractivity contribution in [3.63, 3.8) is 0 Å². The van der Waals surface area contributed by atoms with E-state index in [1.807, 2.05) is 36.0 Å². The maximum atomic E-state index is 12.6. The van der Waals surface area contributed by atoms with Gasteiger partial charge in [0.1, 0.15) is 10.6 Å². The fourth-order valence-electron chi connectivity index (χ4n) is 2.89. The highest BCUT2D eigenvalue weighted by Gasteiger charge is 2.27. The molecule has 3 rings (SSSR count). The minimum Gasteiger partial charge on any atom is -0.268 e. The van der Waals surface area contributed by atoms with Crippen molar-refractivity contribution < 1.29 is 8.42 Å². The average Bonchev–Trinajstić information content (AvgIpc) is 3.18. The number of rotatable bonds is 5. The molecule has 0 aliphatic heterocycles. The molecule has 1 N–H and O–H groups in total. The van der Waals surface area contributed by atoms with Crippen LogP contribution in [-0.2, 0) is 10.0 Å². The number of aromatic nitrogens is 2. The maximum Gasteiger partial charge on any atom is 0.244 e. The Hall–Kier alpha value is -1.18. The summed E-state index contributed by atoms with van der Waals surface area (Å²) in [5.41, 5.74) is 0.565. The first kappa shape index (κ1) is 15.7. The van der Waals surface area contributed by atoms with E-state index in [0.717, 1.165) is 17.7 Å². The van der Waals surface area contributed by atoms with Crippen molar-refractivity contribution in [3.05, 3.63) is 23.7 Å². The molecule has 0 saturated heterocycles. The van der Waals surface area contributed by atoms with Crippen LogP contribution in [0.25, 0.3) is 10.6 Å². The van der Waals surface area contributed by atoms with Crippen LogP contribution in [0.4, 0.5) is 0 Å². The van der Waals surface area contributed by atoms with Gasteiger partial charge in [0, 0.05) is 12.2 Å². The molecule has 5 nitrogen and oxygen atoms in total. The summed E-state index contributed by atoms with van der Waals surface area (Å²) in [5, 5.41) is 6.56. The predicted octanol–water partition coefficient (Wildman–Crippen LogP) is 3.41. The smallest absolute Gasteiger partial charge is 0.244 e. The van der Waals surface area contributed by atoms with Gasteiger partial charge in [0.2, 0.25) is 10.0 Å². The number of hydrogen-bond donors (Lipinski definition) is 1. The molecule has 0 atom stereocenters. The number of sulfonamides is 1. The Balaban J connectivity index is 2.07. The van der Waals surface area contributed by atoms with Gasteiger partial charge in [-0.1, -0.05) is 18.9 Å². The van der Waals surface area contributed by atoms with Crippen molar-refractivity contribution in [3.8, 4) is 10.6 Å². The summed E-state index contributed by atoms with van der Waals surface area (Å²) in [5.74, 6) is 0. The van der Waals surface area contributed by atoms with Gasteiger partial charge in [0.05, 0.1) is 10.9 Å². The quantitative estimate of drug-likeness (QED) is 0.908. The second-order valence-electron chi connectivity index (χ2n) is 6.01. The van der Waals surface area contributed by atoms with Crippen molar-refractivity contribution in [2.45, 2.75) is 56.5 Å². The van der Waals surface area contributed by atoms with Crippen LogP contribution in [0.5, 0.6) is 0 Å². The molecule has 1 aliphatic rings. The van der Waals surface area contributed by atoms with Gasteiger partial charge in [-0.25, -0.2) is 13.1 Å². The van der Waals surface area contributed by atoms with Gasteiger partial charge in [-0.05, 0) is 38.1 Å². The highest BCUT2D eigenvalue weighted by molar-refractivity contribution is 7.89. The highest BCUT2D eigenvalue weighted by atomic mass is 32.2. The van der Waals surface area contributed by atoms with Gasteiger partial charge in [-0.15, -0.1) is 11.3 Å². The summed E-state index contributed by atoms with van der Waals surface area (Å²) in [7, 11) is -3.55. The zero-order valence-electron chi connectivity index (χ0n) is 12.8. The normalized spacial score (nSPS) is 16.7. The molecule has 7 heteroatoms. The highest BCUT2D eigenvalue weighted by Crippen LogP contribution is 2.34. The molecule has 0 amide bonds. The summed E-state index contributed by atoms with van der Waals surface area (Å²) in [4.78, 5) is 1.18. The molecule has 1 aliphatic carbocycles. The third kappa shape index (κ3) is 3.11. The van der Waals surface area contributed by atoms with Crippen LogP contribution in [0.3, 0.4) is 0 Å². The first-order chi connectivity index (χ1) is 10.5. The first-order valence-corrected chi connectivity index (χ1v) is 9.99. The molecule has 2 aromatic rings. The fourth-order valence-corrected chi connectivity index (χ4v) is 5.07. The average molecular weight is 339 g/mol. The van der Waals surface area contributed by atoms with Crippen LogP contribution >= 0.6 is 11.3 Å². The molecule has 2 aromatic heterocycles. The van der Waals surface area contributed by atoms with E-state index in [1.54, 1.807) is 6.20 Å². The largest absolute Gasteiger partial charge is 0.268 e. The van der Waals surface area contributed by atoms with E-state index < -0.39 is 10.0 Å². The van der Waals surface area contributed by atoms with Crippen LogP contribution in [-0.4, -0.2) is 24.2 Å². The van der Waals surface area contributed by atoms with Crippen LogP contribution in [0.15, 0.2) is 28.6 Å². The topological polar surface area (TPSA) is 64.0 Å². The molecule has 0 aromatic carbocycles. The zero-order valence-corrected chi connectivity index (χ0v) is 14.5. The molecule has 1 fully saturated rings. The molecule has 0 spiro atoms. The Bertz CT molecular complexity index is 727. The van der Waals surface area contributed by atoms with E-state index in [-0.39, 0.29) is 10.9 Å². The minimum absolute atomic E-state index is 0.143. The molecule has 0 unspecified atom stereocenters. The summed E-state index contributed by atoms with van der Waals surface area (Å²) >= 11 is 1.51. The Kier molecular flexibility index (Phi) is 4.38. The second kappa shape index (κ2) is 6.14. The van der Waals surface area contributed by atoms with Crippen LogP contribution in [0, 0.1) is 0 Å². The van der Waals surface area contributed by atoms with Gasteiger partial charge < -0.3 is 0 Å². The number of hydrogen-bond acceptors (Lipinski definition) is 4. The summed E-state index contributed by atoms with van der Waals surface area (Å²) in [6.45, 7) is 3.65. The Morgan fingerprint density at radius 2 is 2.09 bits per heavy atom. The number of nitrogens with zero attached hydrogens (tertiary/aromatic N) is 2. The number of thiophene rings is 1. The molecule has 0 bridgehead atoms. The lowest BCUT2D eigenvalue weighted by Gasteiger charge is -2.09. The van der Waals surface area contributed by atoms with Crippen molar-refractivity contribution in [1.82, 2.24) is 14.5 Å². The fraction of sp³-hybridized carbons (Fsp3) is 0.533. The zero-order chi connectivity index (χ0) is 15.7. The second-order valence-corrected chi connectivity index (χ2v) is 8.64. The lowest BCUT2D eigenvalue weighted by Crippen LogP contribution is -2.30. The van der Waals surface area contributed by atoms with Crippen LogP contribution < -0.4 is 4.72 Å². The van der Waals surface area contributed by atoms with E-state index in [4.69, 9.17) is 0 Å². The van der Waals surface area contributed by atoms with E-state index in [1.165, 1.54) is 24.2 Å². The van der Waals surface area contributed by atoms with Gasteiger partial charge >= 0.3 is 0 Å². The van der Waals surface area contributed by atoms with Gasteiger partial charge in [0.25, 0.3) is 0 Å². The first-order valence-electron chi connectivity index (χ1n) is 7.63. The molecule has 0 radical (unpaired) electrons. The molecular formula is C15H21N3O2S2. The third-order valence-electron chi connectivity index (χ3n) is 3.83. The Morgan fingerprint density at radius 3 is 2.68 bits per heavy atom. The third-order valence-corrected chi connectivity index (χ3v) is 6.37. The van der Waals surface area contributed by atoms with E-state index in [9.17, 15) is 8.42 Å². The van der Waals surface area contributed by atoms with E-state index >= 15 is 0 Å². The molecule has 22 heavy (non-hydrogen) atoms. The minimum atomic E-state index is -3.55. The van der Waals surface area contributed by atoms with Crippen molar-refractivity contribution in [2.75, 3.05) is 0 Å². The molecular weight excluding hydrogens is 318 g/mol. The van der Waals surface area contributed by atoms with Crippen molar-refractivity contribution in [2.24, 2.45) is 0 Å². The SMILES string of the molecule is CC(C)NS(=O)(=O)c1cn(C2CCCC2)nc1-c1cccs1. The summed E-state index contributed by atoms with van der Waals surface area (Å²) < 4.78 is 29.8. The van der Waals surface area contributed by atoms with E-state index in [0.29, 0.717) is 11.7 Å². The lowest BCUT2D eigenvalue weighted by molar-refractivity contribution is 0.467. The lowest BCUT2D eigenvalue weighted by atomic mass is 10.3. The Labute approximate surface area is 135 Å². The predicted molar refractivity (Wildman–Crippen MR) is 88.5 cm³/mol. The van der Waals surface area contributed by atoms with Crippen LogP contribution in [0.1, 0.15) is 45.6 Å².